The molecule has 1 aliphatic carbocycles. The first-order chi connectivity index (χ1) is 13.1. The molecule has 1 aromatic carbocycles. The van der Waals surface area contributed by atoms with E-state index in [0.717, 1.165) is 52.7 Å². The minimum absolute atomic E-state index is 0.169. The molecule has 3 aromatic rings. The average Bonchev–Trinajstić information content (AvgIpc) is 3.22. The predicted molar refractivity (Wildman–Crippen MR) is 109 cm³/mol. The molecular formula is C21H24N4OS. The minimum atomic E-state index is 0.169. The monoisotopic (exact) mass is 380 g/mol. The molecule has 1 fully saturated rings. The summed E-state index contributed by atoms with van der Waals surface area (Å²) in [6.07, 6.45) is 6.42. The fourth-order valence-corrected chi connectivity index (χ4v) is 4.54. The molecule has 0 radical (unpaired) electrons. The molecule has 5 nitrogen and oxygen atoms in total. The molecule has 4 rings (SSSR count). The first kappa shape index (κ1) is 18.2. The Morgan fingerprint density at radius 3 is 2.67 bits per heavy atom. The Balaban J connectivity index is 1.48. The van der Waals surface area contributed by atoms with Crippen LogP contribution >= 0.6 is 11.3 Å². The van der Waals surface area contributed by atoms with Crippen LogP contribution in [0.1, 0.15) is 31.4 Å². The summed E-state index contributed by atoms with van der Waals surface area (Å²) < 4.78 is 0. The van der Waals surface area contributed by atoms with Crippen LogP contribution in [0.25, 0.3) is 21.3 Å². The van der Waals surface area contributed by atoms with E-state index in [0.29, 0.717) is 18.2 Å². The number of hydrogen-bond donors (Lipinski definition) is 0. The van der Waals surface area contributed by atoms with Gasteiger partial charge in [0.1, 0.15) is 5.78 Å². The fourth-order valence-electron chi connectivity index (χ4n) is 3.92. The number of aromatic nitrogens is 3. The Morgan fingerprint density at radius 2 is 1.96 bits per heavy atom. The Bertz CT molecular complexity index is 931. The summed E-state index contributed by atoms with van der Waals surface area (Å²) in [5.74, 6) is 0.474. The van der Waals surface area contributed by atoms with Gasteiger partial charge < -0.3 is 4.90 Å². The largest absolute Gasteiger partial charge is 0.306 e. The van der Waals surface area contributed by atoms with Crippen LogP contribution in [0.2, 0.25) is 0 Å². The Morgan fingerprint density at radius 1 is 1.15 bits per heavy atom. The van der Waals surface area contributed by atoms with Gasteiger partial charge in [0.15, 0.2) is 0 Å². The van der Waals surface area contributed by atoms with Gasteiger partial charge in [-0.1, -0.05) is 6.07 Å². The Hall–Kier alpha value is -2.18. The highest BCUT2D eigenvalue weighted by Gasteiger charge is 2.27. The second-order valence-corrected chi connectivity index (χ2v) is 8.47. The highest BCUT2D eigenvalue weighted by atomic mass is 32.1. The van der Waals surface area contributed by atoms with Gasteiger partial charge in [0.05, 0.1) is 28.0 Å². The fraction of sp³-hybridized carbons (Fsp3) is 0.429. The quantitative estimate of drug-likeness (QED) is 0.670. The topological polar surface area (TPSA) is 59.0 Å². The number of benzene rings is 1. The minimum Gasteiger partial charge on any atom is -0.306 e. The average molecular weight is 381 g/mol. The van der Waals surface area contributed by atoms with Crippen LogP contribution in [0.5, 0.6) is 0 Å². The van der Waals surface area contributed by atoms with Crippen LogP contribution in [0, 0.1) is 5.92 Å². The number of Topliss-reactive ketones (excluding diaryl/α,β-unsaturated/α-hetero) is 1. The first-order valence-electron chi connectivity index (χ1n) is 9.44. The number of ketones is 1. The highest BCUT2D eigenvalue weighted by molar-refractivity contribution is 7.13. The molecule has 0 N–H and O–H groups in total. The highest BCUT2D eigenvalue weighted by Crippen LogP contribution is 2.29. The van der Waals surface area contributed by atoms with E-state index < -0.39 is 0 Å². The van der Waals surface area contributed by atoms with Crippen molar-refractivity contribution in [2.75, 3.05) is 14.1 Å². The van der Waals surface area contributed by atoms with Crippen LogP contribution < -0.4 is 0 Å². The van der Waals surface area contributed by atoms with Crippen LogP contribution in [0.4, 0.5) is 0 Å². The van der Waals surface area contributed by atoms with Gasteiger partial charge >= 0.3 is 0 Å². The molecule has 27 heavy (non-hydrogen) atoms. The molecule has 1 saturated carbocycles. The number of carbonyl (C=O) groups excluding carboxylic acids is 1. The zero-order valence-electron chi connectivity index (χ0n) is 15.8. The molecule has 0 unspecified atom stereocenters. The number of fused-ring (bicyclic) bond motifs is 1. The van der Waals surface area contributed by atoms with Gasteiger partial charge in [-0.05, 0) is 63.5 Å². The van der Waals surface area contributed by atoms with E-state index in [2.05, 4.69) is 40.2 Å². The summed E-state index contributed by atoms with van der Waals surface area (Å²) in [5.41, 5.74) is 4.58. The van der Waals surface area contributed by atoms with Crippen LogP contribution in [0.3, 0.4) is 0 Å². The predicted octanol–water partition coefficient (Wildman–Crippen LogP) is 3.99. The first-order valence-corrected chi connectivity index (χ1v) is 10.3. The lowest BCUT2D eigenvalue weighted by Crippen LogP contribution is -2.34. The van der Waals surface area contributed by atoms with E-state index in [9.17, 15) is 4.79 Å². The van der Waals surface area contributed by atoms with Crippen molar-refractivity contribution >= 4 is 28.0 Å². The molecule has 140 valence electrons. The number of rotatable bonds is 5. The van der Waals surface area contributed by atoms with Gasteiger partial charge in [-0.3, -0.25) is 9.78 Å². The van der Waals surface area contributed by atoms with E-state index in [-0.39, 0.29) is 5.92 Å². The molecule has 6 heteroatoms. The number of hydrogen-bond acceptors (Lipinski definition) is 6. The lowest BCUT2D eigenvalue weighted by molar-refractivity contribution is -0.123. The van der Waals surface area contributed by atoms with Gasteiger partial charge in [0.2, 0.25) is 0 Å². The standard InChI is InChI=1S/C21H24N4OS/c1-25(2)18-6-3-14(4-7-18)20(26)11-17-10-16-9-15(21-12-22-13-27-21)5-8-19(16)24-23-17/h5,8-10,12-14,18H,3-4,6-7,11H2,1-2H3. The Kier molecular flexibility index (Phi) is 5.27. The van der Waals surface area contributed by atoms with Gasteiger partial charge in [-0.15, -0.1) is 11.3 Å². The molecule has 0 saturated heterocycles. The maximum Gasteiger partial charge on any atom is 0.141 e. The molecule has 2 aromatic heterocycles. The second-order valence-electron chi connectivity index (χ2n) is 7.59. The third-order valence-corrected chi connectivity index (χ3v) is 6.41. The smallest absolute Gasteiger partial charge is 0.141 e. The van der Waals surface area contributed by atoms with Crippen molar-refractivity contribution < 1.29 is 4.79 Å². The zero-order valence-corrected chi connectivity index (χ0v) is 16.6. The Labute approximate surface area is 163 Å². The van der Waals surface area contributed by atoms with E-state index in [1.54, 1.807) is 11.3 Å². The van der Waals surface area contributed by atoms with Crippen molar-refractivity contribution in [2.45, 2.75) is 38.1 Å². The van der Waals surface area contributed by atoms with E-state index >= 15 is 0 Å². The molecule has 1 aliphatic rings. The van der Waals surface area contributed by atoms with Crippen LogP contribution in [-0.4, -0.2) is 46.0 Å². The van der Waals surface area contributed by atoms with Crippen molar-refractivity contribution in [3.63, 3.8) is 0 Å². The summed E-state index contributed by atoms with van der Waals surface area (Å²) in [6, 6.07) is 8.74. The summed E-state index contributed by atoms with van der Waals surface area (Å²) in [4.78, 5) is 20.3. The normalized spacial score (nSPS) is 20.3. The van der Waals surface area contributed by atoms with Crippen molar-refractivity contribution in [2.24, 2.45) is 5.92 Å². The number of nitrogens with zero attached hydrogens (tertiary/aromatic N) is 4. The van der Waals surface area contributed by atoms with Gasteiger partial charge in [-0.2, -0.15) is 10.2 Å². The summed E-state index contributed by atoms with van der Waals surface area (Å²) in [6.45, 7) is 0. The van der Waals surface area contributed by atoms with Gasteiger partial charge in [0.25, 0.3) is 0 Å². The summed E-state index contributed by atoms with van der Waals surface area (Å²) in [5, 5.41) is 9.63. The summed E-state index contributed by atoms with van der Waals surface area (Å²) >= 11 is 1.62. The van der Waals surface area contributed by atoms with Crippen LogP contribution in [0.15, 0.2) is 36.0 Å². The molecule has 0 aliphatic heterocycles. The lowest BCUT2D eigenvalue weighted by atomic mass is 9.82. The van der Waals surface area contributed by atoms with Gasteiger partial charge in [-0.25, -0.2) is 0 Å². The van der Waals surface area contributed by atoms with Crippen molar-refractivity contribution in [3.05, 3.63) is 41.7 Å². The van der Waals surface area contributed by atoms with E-state index in [1.165, 1.54) is 0 Å². The number of carbonyl (C=O) groups is 1. The molecule has 0 atom stereocenters. The van der Waals surface area contributed by atoms with Crippen molar-refractivity contribution in [1.82, 2.24) is 20.1 Å². The van der Waals surface area contributed by atoms with E-state index in [4.69, 9.17) is 0 Å². The van der Waals surface area contributed by atoms with Crippen LogP contribution in [-0.2, 0) is 11.2 Å². The SMILES string of the molecule is CN(C)C1CCC(C(=O)Cc2cc3cc(-c4cncs4)ccc3nn2)CC1. The maximum atomic E-state index is 12.7. The third-order valence-electron chi connectivity index (χ3n) is 5.59. The zero-order chi connectivity index (χ0) is 18.8. The van der Waals surface area contributed by atoms with Crippen molar-refractivity contribution in [1.29, 1.82) is 0 Å². The molecule has 0 spiro atoms. The van der Waals surface area contributed by atoms with Gasteiger partial charge in [0, 0.05) is 23.5 Å². The van der Waals surface area contributed by atoms with Crippen molar-refractivity contribution in [3.8, 4) is 10.4 Å². The second kappa shape index (κ2) is 7.82. The molecule has 0 bridgehead atoms. The molecule has 0 amide bonds. The molecule has 2 heterocycles. The van der Waals surface area contributed by atoms with E-state index in [1.807, 2.05) is 29.9 Å². The number of thiazole rings is 1. The summed E-state index contributed by atoms with van der Waals surface area (Å²) in [7, 11) is 4.25. The maximum absolute atomic E-state index is 12.7. The third kappa shape index (κ3) is 4.06. The lowest BCUT2D eigenvalue weighted by Gasteiger charge is -2.31. The molecular weight excluding hydrogens is 356 g/mol.